The van der Waals surface area contributed by atoms with Gasteiger partial charge in [-0.3, -0.25) is 19.3 Å². The Balaban J connectivity index is 1.25. The number of imide groups is 1. The zero-order valence-corrected chi connectivity index (χ0v) is 24.4. The Morgan fingerprint density at radius 1 is 0.762 bits per heavy atom. The molecule has 4 aliphatic rings. The SMILES string of the molecule is CCc1cccc(CC)c1NC(=O)COC(=O)[C@@H](C(C)C)N1C(=O)[C@@H]2C3c4ccccc4C(c4ccccc43)[C@@H]2C1=O. The first-order valence-corrected chi connectivity index (χ1v) is 14.9. The normalized spacial score (nSPS) is 22.5. The maximum atomic E-state index is 14.1. The van der Waals surface area contributed by atoms with E-state index in [1.54, 1.807) is 13.8 Å². The molecule has 3 aromatic rings. The van der Waals surface area contributed by atoms with Crippen molar-refractivity contribution in [2.45, 2.75) is 58.4 Å². The molecular weight excluding hydrogens is 528 g/mol. The Hall–Kier alpha value is -4.26. The number of amides is 3. The Morgan fingerprint density at radius 2 is 1.21 bits per heavy atom. The van der Waals surface area contributed by atoms with Gasteiger partial charge in [0.1, 0.15) is 6.04 Å². The van der Waals surface area contributed by atoms with E-state index in [0.29, 0.717) is 0 Å². The molecule has 7 rings (SSSR count). The second kappa shape index (κ2) is 10.9. The highest BCUT2D eigenvalue weighted by molar-refractivity contribution is 6.10. The van der Waals surface area contributed by atoms with Gasteiger partial charge >= 0.3 is 5.97 Å². The average Bonchev–Trinajstić information content (AvgIpc) is 3.26. The van der Waals surface area contributed by atoms with Crippen LogP contribution in [0, 0.1) is 17.8 Å². The fraction of sp³-hybridized carbons (Fsp3) is 0.371. The van der Waals surface area contributed by atoms with Gasteiger partial charge in [0.25, 0.3) is 5.91 Å². The van der Waals surface area contributed by atoms with Gasteiger partial charge in [-0.25, -0.2) is 4.79 Å². The number of nitrogens with one attached hydrogen (secondary N) is 1. The molecule has 3 amide bonds. The van der Waals surface area contributed by atoms with Crippen molar-refractivity contribution in [2.75, 3.05) is 11.9 Å². The number of hydrogen-bond acceptors (Lipinski definition) is 5. The van der Waals surface area contributed by atoms with E-state index in [9.17, 15) is 19.2 Å². The molecule has 0 spiro atoms. The summed E-state index contributed by atoms with van der Waals surface area (Å²) in [6, 6.07) is 20.8. The highest BCUT2D eigenvalue weighted by Gasteiger charge is 2.63. The van der Waals surface area contributed by atoms with E-state index in [4.69, 9.17) is 4.74 Å². The summed E-state index contributed by atoms with van der Waals surface area (Å²) >= 11 is 0. The van der Waals surface area contributed by atoms with E-state index < -0.39 is 42.3 Å². The molecule has 1 fully saturated rings. The molecule has 0 saturated carbocycles. The summed E-state index contributed by atoms with van der Waals surface area (Å²) in [5.41, 5.74) is 7.04. The van der Waals surface area contributed by atoms with Crippen LogP contribution < -0.4 is 5.32 Å². The Morgan fingerprint density at radius 3 is 1.62 bits per heavy atom. The number of likely N-dealkylation sites (tertiary alicyclic amines) is 1. The predicted octanol–water partition coefficient (Wildman–Crippen LogP) is 5.21. The first-order valence-electron chi connectivity index (χ1n) is 14.9. The van der Waals surface area contributed by atoms with Gasteiger partial charge in [-0.05, 0) is 52.1 Å². The third-order valence-corrected chi connectivity index (χ3v) is 9.24. The summed E-state index contributed by atoms with van der Waals surface area (Å²) in [4.78, 5) is 55.9. The van der Waals surface area contributed by atoms with E-state index in [2.05, 4.69) is 5.32 Å². The molecule has 3 atom stereocenters. The van der Waals surface area contributed by atoms with Crippen LogP contribution in [0.25, 0.3) is 0 Å². The average molecular weight is 565 g/mol. The van der Waals surface area contributed by atoms with Crippen molar-refractivity contribution in [1.82, 2.24) is 4.90 Å². The number of nitrogens with zero attached hydrogens (tertiary/aromatic N) is 1. The van der Waals surface area contributed by atoms with Crippen molar-refractivity contribution in [3.63, 3.8) is 0 Å². The molecule has 1 N–H and O–H groups in total. The maximum absolute atomic E-state index is 14.1. The number of aryl methyl sites for hydroxylation is 2. The van der Waals surface area contributed by atoms with E-state index in [-0.39, 0.29) is 23.7 Å². The molecule has 2 bridgehead atoms. The van der Waals surface area contributed by atoms with Crippen LogP contribution in [0.15, 0.2) is 66.7 Å². The lowest BCUT2D eigenvalue weighted by Crippen LogP contribution is -2.49. The van der Waals surface area contributed by atoms with Crippen molar-refractivity contribution in [3.8, 4) is 0 Å². The smallest absolute Gasteiger partial charge is 0.330 e. The van der Waals surface area contributed by atoms with Crippen LogP contribution in [0.1, 0.15) is 72.9 Å². The third kappa shape index (κ3) is 4.25. The molecule has 42 heavy (non-hydrogen) atoms. The molecular formula is C35H36N2O5. The Labute approximate surface area is 246 Å². The minimum absolute atomic E-state index is 0.255. The number of esters is 1. The number of rotatable bonds is 8. The quantitative estimate of drug-likeness (QED) is 0.300. The van der Waals surface area contributed by atoms with E-state index >= 15 is 0 Å². The largest absolute Gasteiger partial charge is 0.454 e. The molecule has 1 aliphatic heterocycles. The van der Waals surface area contributed by atoms with Crippen molar-refractivity contribution >= 4 is 29.4 Å². The highest BCUT2D eigenvalue weighted by Crippen LogP contribution is 2.61. The minimum atomic E-state index is -1.12. The molecule has 1 saturated heterocycles. The van der Waals surface area contributed by atoms with Crippen molar-refractivity contribution in [3.05, 3.63) is 100 Å². The number of carbonyl (C=O) groups excluding carboxylic acids is 4. The molecule has 0 unspecified atom stereocenters. The van der Waals surface area contributed by atoms with Gasteiger partial charge in [-0.2, -0.15) is 0 Å². The predicted molar refractivity (Wildman–Crippen MR) is 159 cm³/mol. The van der Waals surface area contributed by atoms with Crippen LogP contribution in [0.3, 0.4) is 0 Å². The monoisotopic (exact) mass is 564 g/mol. The lowest BCUT2D eigenvalue weighted by Gasteiger charge is -2.45. The van der Waals surface area contributed by atoms with Crippen LogP contribution in [-0.2, 0) is 36.8 Å². The summed E-state index contributed by atoms with van der Waals surface area (Å²) in [6.45, 7) is 7.11. The first-order chi connectivity index (χ1) is 20.3. The lowest BCUT2D eigenvalue weighted by atomic mass is 9.55. The highest BCUT2D eigenvalue weighted by atomic mass is 16.5. The second-order valence-corrected chi connectivity index (χ2v) is 11.8. The Bertz CT molecular complexity index is 1460. The number of benzene rings is 3. The number of hydrogen-bond donors (Lipinski definition) is 1. The summed E-state index contributed by atoms with van der Waals surface area (Å²) in [5.74, 6) is -3.96. The molecule has 3 aliphatic carbocycles. The lowest BCUT2D eigenvalue weighted by molar-refractivity contribution is -0.162. The fourth-order valence-corrected chi connectivity index (χ4v) is 7.45. The molecule has 7 heteroatoms. The molecule has 3 aromatic carbocycles. The van der Waals surface area contributed by atoms with Gasteiger partial charge < -0.3 is 10.1 Å². The number of para-hydroxylation sites is 1. The summed E-state index contributed by atoms with van der Waals surface area (Å²) < 4.78 is 5.50. The van der Waals surface area contributed by atoms with Crippen molar-refractivity contribution < 1.29 is 23.9 Å². The summed E-state index contributed by atoms with van der Waals surface area (Å²) in [5, 5.41) is 2.91. The van der Waals surface area contributed by atoms with E-state index in [1.165, 1.54) is 0 Å². The molecule has 1 heterocycles. The first kappa shape index (κ1) is 27.9. The summed E-state index contributed by atoms with van der Waals surface area (Å²) in [7, 11) is 0. The number of anilines is 1. The van der Waals surface area contributed by atoms with Gasteiger partial charge in [0.15, 0.2) is 6.61 Å². The minimum Gasteiger partial charge on any atom is -0.454 e. The summed E-state index contributed by atoms with van der Waals surface area (Å²) in [6.07, 6.45) is 1.49. The molecule has 216 valence electrons. The second-order valence-electron chi connectivity index (χ2n) is 11.8. The van der Waals surface area contributed by atoms with Crippen molar-refractivity contribution in [1.29, 1.82) is 0 Å². The van der Waals surface area contributed by atoms with E-state index in [0.717, 1.165) is 56.8 Å². The van der Waals surface area contributed by atoms with Crippen LogP contribution in [0.4, 0.5) is 5.69 Å². The van der Waals surface area contributed by atoms with Crippen LogP contribution >= 0.6 is 0 Å². The van der Waals surface area contributed by atoms with Gasteiger partial charge in [-0.1, -0.05) is 94.4 Å². The molecule has 0 aromatic heterocycles. The molecule has 0 radical (unpaired) electrons. The Kier molecular flexibility index (Phi) is 7.21. The van der Waals surface area contributed by atoms with Gasteiger partial charge in [0.05, 0.1) is 11.8 Å². The fourth-order valence-electron chi connectivity index (χ4n) is 7.45. The number of carbonyl (C=O) groups is 4. The zero-order chi connectivity index (χ0) is 29.7. The van der Waals surface area contributed by atoms with Crippen LogP contribution in [-0.4, -0.2) is 41.2 Å². The maximum Gasteiger partial charge on any atom is 0.330 e. The third-order valence-electron chi connectivity index (χ3n) is 9.24. The van der Waals surface area contributed by atoms with Gasteiger partial charge in [0, 0.05) is 17.5 Å². The standard InChI is InChI=1S/C35H36N2O5/c1-5-20-12-11-13-21(6-2)31(20)36-26(38)18-42-35(41)32(19(3)4)37-33(39)29-27-22-14-7-8-15-23(22)28(30(29)34(37)40)25-17-10-9-16-24(25)27/h7-17,19,27-30,32H,5-6,18H2,1-4H3,(H,36,38)/t27?,28?,29-,30+,32-/m1/s1. The van der Waals surface area contributed by atoms with Gasteiger partial charge in [-0.15, -0.1) is 0 Å². The number of ether oxygens (including phenoxy) is 1. The van der Waals surface area contributed by atoms with Gasteiger partial charge in [0.2, 0.25) is 11.8 Å². The van der Waals surface area contributed by atoms with Crippen molar-refractivity contribution in [2.24, 2.45) is 17.8 Å². The molecule has 7 nitrogen and oxygen atoms in total. The van der Waals surface area contributed by atoms with E-state index in [1.807, 2.05) is 80.6 Å². The van der Waals surface area contributed by atoms with Crippen LogP contribution in [0.2, 0.25) is 0 Å². The topological polar surface area (TPSA) is 92.8 Å². The van der Waals surface area contributed by atoms with Crippen LogP contribution in [0.5, 0.6) is 0 Å². The zero-order valence-electron chi connectivity index (χ0n) is 24.4.